The third kappa shape index (κ3) is 7.71. The van der Waals surface area contributed by atoms with E-state index in [1.807, 2.05) is 24.3 Å². The molecule has 1 aliphatic heterocycles. The number of nitrogens with zero attached hydrogens (tertiary/aromatic N) is 3. The summed E-state index contributed by atoms with van der Waals surface area (Å²) >= 11 is 0. The maximum Gasteiger partial charge on any atom is 0.135 e. The van der Waals surface area contributed by atoms with Crippen LogP contribution in [0, 0.1) is 0 Å². The van der Waals surface area contributed by atoms with E-state index in [1.54, 1.807) is 0 Å². The van der Waals surface area contributed by atoms with Crippen LogP contribution in [0.2, 0.25) is 0 Å². The standard InChI is InChI=1S/C73H49N3O2/c1-48-17-5-4-16-40-74(55-18-6-2-7-19-55)68-44-50(30-36-60(48)68)53-41-52(42-54(43-53)51-31-37-62-61-22-10-13-25-67(61)76(69(62)45-51)56-20-8-3-9-21-56)49-28-32-57(33-29-49)75(58-34-38-72-65(46-58)63-23-11-14-26-70(63)77-72)59-35-39-73-66(47-59)64-24-12-15-27-71(64)78-73/h2-39,41-47H,1,40H2/b16-4-,17-5-. The number of hydrogen-bond donors (Lipinski definition) is 0. The maximum absolute atomic E-state index is 6.33. The summed E-state index contributed by atoms with van der Waals surface area (Å²) in [6.45, 7) is 5.26. The Morgan fingerprint density at radius 1 is 0.359 bits per heavy atom. The van der Waals surface area contributed by atoms with Crippen LogP contribution in [0.3, 0.4) is 0 Å². The van der Waals surface area contributed by atoms with Crippen molar-refractivity contribution in [3.8, 4) is 39.1 Å². The van der Waals surface area contributed by atoms with Crippen molar-refractivity contribution < 1.29 is 8.83 Å². The van der Waals surface area contributed by atoms with Crippen molar-refractivity contribution in [1.82, 2.24) is 4.57 Å². The summed E-state index contributed by atoms with van der Waals surface area (Å²) in [5, 5.41) is 6.76. The predicted octanol–water partition coefficient (Wildman–Crippen LogP) is 20.3. The molecule has 0 N–H and O–H groups in total. The lowest BCUT2D eigenvalue weighted by atomic mass is 9.91. The molecule has 0 atom stereocenters. The van der Waals surface area contributed by atoms with Gasteiger partial charge >= 0.3 is 0 Å². The van der Waals surface area contributed by atoms with Crippen molar-refractivity contribution in [1.29, 1.82) is 0 Å². The van der Waals surface area contributed by atoms with Crippen molar-refractivity contribution in [2.45, 2.75) is 0 Å². The quantitative estimate of drug-likeness (QED) is 0.152. The molecule has 0 bridgehead atoms. The Balaban J connectivity index is 0.908. The average molecular weight is 1000 g/mol. The largest absolute Gasteiger partial charge is 0.456 e. The summed E-state index contributed by atoms with van der Waals surface area (Å²) in [5.74, 6) is 0. The van der Waals surface area contributed by atoms with Gasteiger partial charge in [0.2, 0.25) is 0 Å². The number of anilines is 5. The van der Waals surface area contributed by atoms with E-state index < -0.39 is 0 Å². The summed E-state index contributed by atoms with van der Waals surface area (Å²) in [6.07, 6.45) is 8.51. The SMILES string of the molecule is C=C1/C=C\C=C/CN(c2ccccc2)c2cc(-c3cc(-c4ccc(N(c5ccc6oc7ccccc7c6c5)c5ccc6oc7ccccc7c6c5)cc4)cc(-c4ccc5c6ccccc6n(-c6ccccc6)c5c4)c3)ccc21. The molecule has 0 saturated carbocycles. The number of para-hydroxylation sites is 5. The van der Waals surface area contributed by atoms with E-state index in [0.717, 1.165) is 128 Å². The van der Waals surface area contributed by atoms with Gasteiger partial charge in [0.05, 0.1) is 11.0 Å². The van der Waals surface area contributed by atoms with Crippen LogP contribution < -0.4 is 9.80 Å². The van der Waals surface area contributed by atoms with Crippen molar-refractivity contribution in [2.24, 2.45) is 0 Å². The molecule has 368 valence electrons. The molecule has 0 radical (unpaired) electrons. The topological polar surface area (TPSA) is 37.7 Å². The number of allylic oxidation sites excluding steroid dienone is 4. The lowest BCUT2D eigenvalue weighted by Gasteiger charge is -2.27. The highest BCUT2D eigenvalue weighted by molar-refractivity contribution is 6.11. The minimum absolute atomic E-state index is 0.710. The highest BCUT2D eigenvalue weighted by Gasteiger charge is 2.21. The van der Waals surface area contributed by atoms with Gasteiger partial charge in [0.1, 0.15) is 22.3 Å². The highest BCUT2D eigenvalue weighted by Crippen LogP contribution is 2.44. The van der Waals surface area contributed by atoms with Gasteiger partial charge in [-0.25, -0.2) is 0 Å². The van der Waals surface area contributed by atoms with Gasteiger partial charge in [-0.15, -0.1) is 0 Å². The van der Waals surface area contributed by atoms with E-state index in [9.17, 15) is 0 Å². The lowest BCUT2D eigenvalue weighted by molar-refractivity contribution is 0.668. The van der Waals surface area contributed by atoms with Crippen LogP contribution in [0.15, 0.2) is 288 Å². The number of aromatic nitrogens is 1. The Hall–Kier alpha value is -10.4. The smallest absolute Gasteiger partial charge is 0.135 e. The Bertz CT molecular complexity index is 4610. The van der Waals surface area contributed by atoms with Gasteiger partial charge in [0.15, 0.2) is 0 Å². The number of benzene rings is 11. The van der Waals surface area contributed by atoms with Gasteiger partial charge in [0, 0.05) is 78.5 Å². The van der Waals surface area contributed by atoms with E-state index in [1.165, 1.54) is 16.3 Å². The third-order valence-electron chi connectivity index (χ3n) is 15.5. The van der Waals surface area contributed by atoms with Crippen molar-refractivity contribution in [3.05, 3.63) is 285 Å². The van der Waals surface area contributed by atoms with Gasteiger partial charge < -0.3 is 23.2 Å². The number of fused-ring (bicyclic) bond motifs is 10. The van der Waals surface area contributed by atoms with Crippen LogP contribution in [0.1, 0.15) is 5.56 Å². The van der Waals surface area contributed by atoms with Crippen LogP contribution in [0.4, 0.5) is 28.4 Å². The molecule has 0 unspecified atom stereocenters. The summed E-state index contributed by atoms with van der Waals surface area (Å²) in [7, 11) is 0. The van der Waals surface area contributed by atoms with Gasteiger partial charge in [-0.05, 0) is 160 Å². The van der Waals surface area contributed by atoms with E-state index >= 15 is 0 Å². The zero-order valence-corrected chi connectivity index (χ0v) is 42.6. The molecule has 78 heavy (non-hydrogen) atoms. The van der Waals surface area contributed by atoms with Crippen LogP contribution in [-0.4, -0.2) is 11.1 Å². The van der Waals surface area contributed by atoms with Gasteiger partial charge in [0.25, 0.3) is 0 Å². The molecule has 14 aromatic rings. The van der Waals surface area contributed by atoms with Crippen LogP contribution in [0.25, 0.3) is 110 Å². The number of furan rings is 2. The van der Waals surface area contributed by atoms with Gasteiger partial charge in [-0.3, -0.25) is 0 Å². The molecule has 0 fully saturated rings. The van der Waals surface area contributed by atoms with Crippen molar-refractivity contribution >= 4 is 99.7 Å². The number of hydrogen-bond acceptors (Lipinski definition) is 4. The Morgan fingerprint density at radius 2 is 0.872 bits per heavy atom. The summed E-state index contributed by atoms with van der Waals surface area (Å²) < 4.78 is 15.1. The minimum atomic E-state index is 0.710. The molecule has 0 amide bonds. The average Bonchev–Trinajstić information content (AvgIpc) is 4.38. The molecule has 0 aliphatic carbocycles. The van der Waals surface area contributed by atoms with Gasteiger partial charge in [-0.2, -0.15) is 0 Å². The zero-order valence-electron chi connectivity index (χ0n) is 42.6. The molecule has 0 saturated heterocycles. The first-order chi connectivity index (χ1) is 38.6. The van der Waals surface area contributed by atoms with Crippen molar-refractivity contribution in [3.63, 3.8) is 0 Å². The van der Waals surface area contributed by atoms with Gasteiger partial charge in [-0.1, -0.05) is 158 Å². The fourth-order valence-corrected chi connectivity index (χ4v) is 11.8. The molecule has 1 aliphatic rings. The normalized spacial score (nSPS) is 13.5. The molecule has 15 rings (SSSR count). The molecular weight excluding hydrogens is 951 g/mol. The Kier molecular flexibility index (Phi) is 10.7. The van der Waals surface area contributed by atoms with Crippen molar-refractivity contribution in [2.75, 3.05) is 16.3 Å². The lowest BCUT2D eigenvalue weighted by Crippen LogP contribution is -2.18. The Labute approximate surface area is 451 Å². The molecule has 5 nitrogen and oxygen atoms in total. The fourth-order valence-electron chi connectivity index (χ4n) is 11.8. The Morgan fingerprint density at radius 3 is 1.54 bits per heavy atom. The first kappa shape index (κ1) is 45.1. The summed E-state index contributed by atoms with van der Waals surface area (Å²) in [4.78, 5) is 4.73. The summed E-state index contributed by atoms with van der Waals surface area (Å²) in [6, 6.07) is 89.5. The van der Waals surface area contributed by atoms with E-state index in [-0.39, 0.29) is 0 Å². The summed E-state index contributed by atoms with van der Waals surface area (Å²) in [5.41, 5.74) is 21.0. The van der Waals surface area contributed by atoms with Crippen LogP contribution in [0.5, 0.6) is 0 Å². The first-order valence-electron chi connectivity index (χ1n) is 26.5. The molecule has 0 spiro atoms. The van der Waals surface area contributed by atoms with Crippen LogP contribution in [-0.2, 0) is 0 Å². The second kappa shape index (κ2) is 18.5. The van der Waals surface area contributed by atoms with E-state index in [0.29, 0.717) is 6.54 Å². The van der Waals surface area contributed by atoms with Crippen LogP contribution >= 0.6 is 0 Å². The first-order valence-corrected chi connectivity index (χ1v) is 26.5. The van der Waals surface area contributed by atoms with E-state index in [4.69, 9.17) is 8.83 Å². The molecule has 4 heterocycles. The molecule has 11 aromatic carbocycles. The van der Waals surface area contributed by atoms with E-state index in [2.05, 4.69) is 270 Å². The second-order valence-corrected chi connectivity index (χ2v) is 20.1. The second-order valence-electron chi connectivity index (χ2n) is 20.1. The molecule has 3 aromatic heterocycles. The number of rotatable bonds is 8. The highest BCUT2D eigenvalue weighted by atomic mass is 16.3. The third-order valence-corrected chi connectivity index (χ3v) is 15.5. The maximum atomic E-state index is 6.33. The minimum Gasteiger partial charge on any atom is -0.456 e. The monoisotopic (exact) mass is 999 g/mol. The predicted molar refractivity (Wildman–Crippen MR) is 327 cm³/mol. The molecule has 5 heteroatoms. The molecular formula is C73H49N3O2. The zero-order chi connectivity index (χ0) is 51.7. The fraction of sp³-hybridized carbons (Fsp3) is 0.0137.